The van der Waals surface area contributed by atoms with E-state index < -0.39 is 0 Å². The Balaban J connectivity index is -0.000000389. The van der Waals surface area contributed by atoms with Gasteiger partial charge in [-0.15, -0.1) is 0 Å². The van der Waals surface area contributed by atoms with Gasteiger partial charge in [-0.3, -0.25) is 19.3 Å². The molecule has 18 heavy (non-hydrogen) atoms. The van der Waals surface area contributed by atoms with Crippen LogP contribution in [-0.2, 0) is 14.4 Å². The van der Waals surface area contributed by atoms with E-state index in [0.717, 1.165) is 0 Å². The first-order valence-corrected chi connectivity index (χ1v) is 6.54. The van der Waals surface area contributed by atoms with Crippen molar-refractivity contribution in [1.29, 1.82) is 0 Å². The number of hydrogen-bond donors (Lipinski definition) is 0. The smallest absolute Gasteiger partial charge is 0.143 e. The van der Waals surface area contributed by atoms with Crippen LogP contribution in [0.2, 0.25) is 0 Å². The Bertz CT molecular complexity index is 199. The topological polar surface area (TPSA) is 54.5 Å². The molecule has 0 unspecified atom stereocenters. The zero-order chi connectivity index (χ0) is 15.1. The third-order valence-corrected chi connectivity index (χ3v) is 1.34. The van der Waals surface area contributed by atoms with Crippen molar-refractivity contribution in [1.82, 2.24) is 4.90 Å². The van der Waals surface area contributed by atoms with Crippen molar-refractivity contribution >= 4 is 17.3 Å². The van der Waals surface area contributed by atoms with Gasteiger partial charge in [-0.1, -0.05) is 34.1 Å². The Morgan fingerprint density at radius 1 is 0.722 bits per heavy atom. The number of nitrogens with zero attached hydrogens (tertiary/aromatic N) is 1. The molecule has 0 rings (SSSR count). The second-order valence-corrected chi connectivity index (χ2v) is 3.96. The van der Waals surface area contributed by atoms with E-state index in [1.807, 2.05) is 13.8 Å². The van der Waals surface area contributed by atoms with E-state index in [1.54, 1.807) is 4.90 Å². The van der Waals surface area contributed by atoms with Crippen molar-refractivity contribution in [2.75, 3.05) is 19.6 Å². The van der Waals surface area contributed by atoms with Crippen LogP contribution in [0.5, 0.6) is 0 Å². The molecular weight excluding hydrogens is 230 g/mol. The standard InChI is InChI=1S/C9H15NO3.C3H8.C2H6/c1-7(11)4-10(5-8(2)12)6-9(3)13;1-3-2;1-2/h4-6H2,1-3H3;3H2,1-2H3;1-2H3. The van der Waals surface area contributed by atoms with Crippen LogP contribution in [0.15, 0.2) is 0 Å². The van der Waals surface area contributed by atoms with Gasteiger partial charge >= 0.3 is 0 Å². The summed E-state index contributed by atoms with van der Waals surface area (Å²) >= 11 is 0. The third kappa shape index (κ3) is 24.3. The van der Waals surface area contributed by atoms with Gasteiger partial charge in [-0.2, -0.15) is 0 Å². The number of carbonyl (C=O) groups excluding carboxylic acids is 3. The van der Waals surface area contributed by atoms with E-state index in [4.69, 9.17) is 0 Å². The van der Waals surface area contributed by atoms with Gasteiger partial charge in [-0.05, 0) is 20.8 Å². The lowest BCUT2D eigenvalue weighted by molar-refractivity contribution is -0.123. The first-order chi connectivity index (χ1) is 8.33. The fourth-order valence-corrected chi connectivity index (χ4v) is 1.11. The summed E-state index contributed by atoms with van der Waals surface area (Å²) in [5.74, 6) is -0.118. The van der Waals surface area contributed by atoms with Gasteiger partial charge in [-0.25, -0.2) is 0 Å². The molecule has 0 aliphatic heterocycles. The molecule has 0 fully saturated rings. The van der Waals surface area contributed by atoms with E-state index in [1.165, 1.54) is 27.2 Å². The van der Waals surface area contributed by atoms with Crippen LogP contribution in [-0.4, -0.2) is 41.9 Å². The number of carbonyl (C=O) groups is 3. The third-order valence-electron chi connectivity index (χ3n) is 1.34. The lowest BCUT2D eigenvalue weighted by atomic mass is 10.3. The highest BCUT2D eigenvalue weighted by Crippen LogP contribution is 1.90. The summed E-state index contributed by atoms with van der Waals surface area (Å²) in [6, 6.07) is 0. The second-order valence-electron chi connectivity index (χ2n) is 3.96. The van der Waals surface area contributed by atoms with Crippen molar-refractivity contribution in [3.8, 4) is 0 Å². The molecule has 0 aromatic heterocycles. The summed E-state index contributed by atoms with van der Waals surface area (Å²) in [5.41, 5.74) is 0. The summed E-state index contributed by atoms with van der Waals surface area (Å²) < 4.78 is 0. The molecular formula is C14H29NO3. The first-order valence-electron chi connectivity index (χ1n) is 6.54. The summed E-state index contributed by atoms with van der Waals surface area (Å²) in [5, 5.41) is 0. The molecule has 0 spiro atoms. The summed E-state index contributed by atoms with van der Waals surface area (Å²) in [6.45, 7) is 13.1. The van der Waals surface area contributed by atoms with E-state index >= 15 is 0 Å². The highest BCUT2D eigenvalue weighted by Gasteiger charge is 2.11. The van der Waals surface area contributed by atoms with Crippen LogP contribution >= 0.6 is 0 Å². The summed E-state index contributed by atoms with van der Waals surface area (Å²) in [4.78, 5) is 33.8. The molecule has 0 atom stereocenters. The van der Waals surface area contributed by atoms with Gasteiger partial charge in [0.05, 0.1) is 19.6 Å². The number of ketones is 3. The monoisotopic (exact) mass is 259 g/mol. The molecule has 4 heteroatoms. The Morgan fingerprint density at radius 2 is 0.889 bits per heavy atom. The minimum atomic E-state index is -0.0394. The molecule has 4 nitrogen and oxygen atoms in total. The Morgan fingerprint density at radius 3 is 1.00 bits per heavy atom. The maximum Gasteiger partial charge on any atom is 0.143 e. The zero-order valence-electron chi connectivity index (χ0n) is 13.0. The second kappa shape index (κ2) is 16.0. The van der Waals surface area contributed by atoms with Gasteiger partial charge in [0.2, 0.25) is 0 Å². The molecule has 0 aromatic rings. The lowest BCUT2D eigenvalue weighted by Crippen LogP contribution is -2.36. The van der Waals surface area contributed by atoms with Crippen molar-refractivity contribution in [3.63, 3.8) is 0 Å². The van der Waals surface area contributed by atoms with E-state index in [2.05, 4.69) is 13.8 Å². The highest BCUT2D eigenvalue weighted by atomic mass is 16.1. The van der Waals surface area contributed by atoms with Gasteiger partial charge in [0.1, 0.15) is 17.3 Å². The Kier molecular flexibility index (Phi) is 19.7. The van der Waals surface area contributed by atoms with E-state index in [0.29, 0.717) is 0 Å². The van der Waals surface area contributed by atoms with Crippen molar-refractivity contribution < 1.29 is 14.4 Å². The molecule has 0 amide bonds. The summed E-state index contributed by atoms with van der Waals surface area (Å²) in [6.07, 6.45) is 1.25. The van der Waals surface area contributed by atoms with Crippen LogP contribution in [0.25, 0.3) is 0 Å². The molecule has 108 valence electrons. The molecule has 0 aliphatic carbocycles. The van der Waals surface area contributed by atoms with Crippen LogP contribution in [0.1, 0.15) is 54.9 Å². The first kappa shape index (κ1) is 22.2. The van der Waals surface area contributed by atoms with E-state index in [9.17, 15) is 14.4 Å². The van der Waals surface area contributed by atoms with Crippen LogP contribution < -0.4 is 0 Å². The molecule has 0 heterocycles. The van der Waals surface area contributed by atoms with Crippen LogP contribution in [0.3, 0.4) is 0 Å². The highest BCUT2D eigenvalue weighted by molar-refractivity contribution is 5.83. The Hall–Kier alpha value is -1.03. The molecule has 0 bridgehead atoms. The van der Waals surface area contributed by atoms with E-state index in [-0.39, 0.29) is 37.0 Å². The van der Waals surface area contributed by atoms with Gasteiger partial charge in [0.25, 0.3) is 0 Å². The van der Waals surface area contributed by atoms with Crippen molar-refractivity contribution in [3.05, 3.63) is 0 Å². The number of Topliss-reactive ketones (excluding diaryl/α,β-unsaturated/α-hetero) is 3. The minimum absolute atomic E-state index is 0.0394. The average Bonchev–Trinajstić information content (AvgIpc) is 2.18. The number of hydrogen-bond acceptors (Lipinski definition) is 4. The maximum absolute atomic E-state index is 10.8. The zero-order valence-corrected chi connectivity index (χ0v) is 13.0. The van der Waals surface area contributed by atoms with Crippen molar-refractivity contribution in [2.24, 2.45) is 0 Å². The predicted molar refractivity (Wildman–Crippen MR) is 75.8 cm³/mol. The van der Waals surface area contributed by atoms with Crippen LogP contribution in [0, 0.1) is 0 Å². The lowest BCUT2D eigenvalue weighted by Gasteiger charge is -2.17. The molecule has 0 N–H and O–H groups in total. The van der Waals surface area contributed by atoms with Gasteiger partial charge in [0.15, 0.2) is 0 Å². The molecule has 0 saturated carbocycles. The normalized spacial score (nSPS) is 8.67. The maximum atomic E-state index is 10.8. The SMILES string of the molecule is CC.CC(=O)CN(CC(C)=O)CC(C)=O.CCC. The largest absolute Gasteiger partial charge is 0.299 e. The molecule has 0 aromatic carbocycles. The number of rotatable bonds is 6. The van der Waals surface area contributed by atoms with Gasteiger partial charge < -0.3 is 0 Å². The van der Waals surface area contributed by atoms with Crippen molar-refractivity contribution in [2.45, 2.75) is 54.9 Å². The summed E-state index contributed by atoms with van der Waals surface area (Å²) in [7, 11) is 0. The fourth-order valence-electron chi connectivity index (χ4n) is 1.11. The predicted octanol–water partition coefficient (Wildman–Crippen LogP) is 2.50. The van der Waals surface area contributed by atoms with Crippen LogP contribution in [0.4, 0.5) is 0 Å². The molecule has 0 aliphatic rings. The average molecular weight is 259 g/mol. The van der Waals surface area contributed by atoms with Gasteiger partial charge in [0, 0.05) is 0 Å². The minimum Gasteiger partial charge on any atom is -0.299 e. The molecule has 0 saturated heterocycles. The fraction of sp³-hybridized carbons (Fsp3) is 0.786. The molecule has 0 radical (unpaired) electrons. The Labute approximate surface area is 112 Å². The quantitative estimate of drug-likeness (QED) is 0.735.